The second-order valence-corrected chi connectivity index (χ2v) is 6.96. The fourth-order valence-electron chi connectivity index (χ4n) is 2.29. The fraction of sp³-hybridized carbons (Fsp3) is 0.222. The van der Waals surface area contributed by atoms with Gasteiger partial charge in [-0.3, -0.25) is 4.79 Å². The SMILES string of the molecule is CCOC(=O)[C@](NC(=O)c1ccc(Cl)cc1Cl)(Nc1ccc(Cl)cc1)C(F)(F)F. The van der Waals surface area contributed by atoms with Crippen LogP contribution in [0.15, 0.2) is 42.5 Å². The summed E-state index contributed by atoms with van der Waals surface area (Å²) in [6.45, 7) is 0.982. The number of hydrogen-bond donors (Lipinski definition) is 2. The molecule has 1 atom stereocenters. The van der Waals surface area contributed by atoms with Crippen LogP contribution < -0.4 is 10.6 Å². The molecule has 0 aliphatic heterocycles. The lowest BCUT2D eigenvalue weighted by Crippen LogP contribution is -2.69. The zero-order valence-electron chi connectivity index (χ0n) is 14.7. The Kier molecular flexibility index (Phi) is 7.26. The molecule has 2 aromatic rings. The first-order valence-corrected chi connectivity index (χ1v) is 9.19. The number of amides is 1. The Labute approximate surface area is 179 Å². The Bertz CT molecular complexity index is 907. The molecule has 2 aromatic carbocycles. The molecular formula is C18H14Cl3F3N2O3. The van der Waals surface area contributed by atoms with Crippen molar-refractivity contribution in [2.45, 2.75) is 18.8 Å². The van der Waals surface area contributed by atoms with Gasteiger partial charge in [0.25, 0.3) is 5.91 Å². The molecule has 11 heteroatoms. The van der Waals surface area contributed by atoms with Gasteiger partial charge in [0.2, 0.25) is 0 Å². The molecule has 2 rings (SSSR count). The molecule has 0 bridgehead atoms. The first-order chi connectivity index (χ1) is 13.5. The third-order valence-electron chi connectivity index (χ3n) is 3.66. The molecule has 0 aliphatic carbocycles. The van der Waals surface area contributed by atoms with Crippen molar-refractivity contribution < 1.29 is 27.5 Å². The molecule has 0 unspecified atom stereocenters. The predicted octanol–water partition coefficient (Wildman–Crippen LogP) is 5.31. The van der Waals surface area contributed by atoms with E-state index in [9.17, 15) is 22.8 Å². The molecule has 2 N–H and O–H groups in total. The molecule has 0 heterocycles. The summed E-state index contributed by atoms with van der Waals surface area (Å²) in [6, 6.07) is 8.64. The lowest BCUT2D eigenvalue weighted by Gasteiger charge is -2.35. The van der Waals surface area contributed by atoms with Gasteiger partial charge in [0.1, 0.15) is 0 Å². The van der Waals surface area contributed by atoms with E-state index in [1.54, 1.807) is 5.32 Å². The number of carbonyl (C=O) groups excluding carboxylic acids is 2. The number of esters is 1. The summed E-state index contributed by atoms with van der Waals surface area (Å²) in [4.78, 5) is 25.0. The highest BCUT2D eigenvalue weighted by atomic mass is 35.5. The quantitative estimate of drug-likeness (QED) is 0.444. The van der Waals surface area contributed by atoms with Gasteiger partial charge < -0.3 is 15.4 Å². The largest absolute Gasteiger partial charge is 0.463 e. The number of rotatable bonds is 6. The second-order valence-electron chi connectivity index (χ2n) is 5.68. The molecule has 0 saturated heterocycles. The number of anilines is 1. The standard InChI is InChI=1S/C18H14Cl3F3N2O3/c1-2-29-16(28)17(18(22,23)24,25-12-6-3-10(19)4-7-12)26-15(27)13-8-5-11(20)9-14(13)21/h3-9,25H,2H2,1H3,(H,26,27)/t17-/m1/s1. The van der Waals surface area contributed by atoms with E-state index < -0.39 is 23.7 Å². The van der Waals surface area contributed by atoms with E-state index in [4.69, 9.17) is 34.8 Å². The van der Waals surface area contributed by atoms with Crippen LogP contribution in [0.4, 0.5) is 18.9 Å². The summed E-state index contributed by atoms with van der Waals surface area (Å²) in [5.41, 5.74) is -4.04. The van der Waals surface area contributed by atoms with E-state index in [0.717, 1.165) is 6.07 Å². The summed E-state index contributed by atoms with van der Waals surface area (Å²) < 4.78 is 46.9. The van der Waals surface area contributed by atoms with Gasteiger partial charge in [0, 0.05) is 15.7 Å². The molecule has 156 valence electrons. The monoisotopic (exact) mass is 468 g/mol. The van der Waals surface area contributed by atoms with Crippen LogP contribution in [-0.4, -0.2) is 30.3 Å². The number of alkyl halides is 3. The molecule has 5 nitrogen and oxygen atoms in total. The number of ether oxygens (including phenoxy) is 1. The number of carbonyl (C=O) groups is 2. The van der Waals surface area contributed by atoms with Gasteiger partial charge in [0.05, 0.1) is 17.2 Å². The third-order valence-corrected chi connectivity index (χ3v) is 4.46. The Balaban J connectivity index is 2.53. The van der Waals surface area contributed by atoms with Crippen molar-refractivity contribution in [3.05, 3.63) is 63.1 Å². The summed E-state index contributed by atoms with van der Waals surface area (Å²) in [7, 11) is 0. The smallest absolute Gasteiger partial charge is 0.441 e. The number of benzene rings is 2. The van der Waals surface area contributed by atoms with Crippen LogP contribution in [0.3, 0.4) is 0 Å². The molecule has 0 fully saturated rings. The molecule has 29 heavy (non-hydrogen) atoms. The van der Waals surface area contributed by atoms with E-state index in [1.807, 2.05) is 5.32 Å². The average Bonchev–Trinajstić information content (AvgIpc) is 2.62. The highest BCUT2D eigenvalue weighted by Crippen LogP contribution is 2.34. The van der Waals surface area contributed by atoms with Crippen molar-refractivity contribution >= 4 is 52.4 Å². The number of halogens is 6. The Morgan fingerprint density at radius 1 is 1.00 bits per heavy atom. The molecule has 0 aliphatic rings. The molecule has 0 spiro atoms. The van der Waals surface area contributed by atoms with Crippen LogP contribution in [0, 0.1) is 0 Å². The molecule has 0 radical (unpaired) electrons. The van der Waals surface area contributed by atoms with Crippen LogP contribution in [-0.2, 0) is 9.53 Å². The van der Waals surface area contributed by atoms with Crippen molar-refractivity contribution in [1.29, 1.82) is 0 Å². The fourth-order valence-corrected chi connectivity index (χ4v) is 2.91. The van der Waals surface area contributed by atoms with E-state index in [0.29, 0.717) is 0 Å². The summed E-state index contributed by atoms with van der Waals surface area (Å²) in [5, 5.41) is 3.95. The summed E-state index contributed by atoms with van der Waals surface area (Å²) in [6.07, 6.45) is -5.28. The van der Waals surface area contributed by atoms with Crippen molar-refractivity contribution in [2.24, 2.45) is 0 Å². The zero-order valence-corrected chi connectivity index (χ0v) is 17.0. The molecule has 0 aromatic heterocycles. The van der Waals surface area contributed by atoms with Crippen LogP contribution in [0.5, 0.6) is 0 Å². The van der Waals surface area contributed by atoms with Crippen LogP contribution in [0.2, 0.25) is 15.1 Å². The first kappa shape index (κ1) is 23.1. The lowest BCUT2D eigenvalue weighted by atomic mass is 10.1. The maximum absolute atomic E-state index is 14.1. The van der Waals surface area contributed by atoms with Crippen molar-refractivity contribution in [1.82, 2.24) is 5.32 Å². The maximum Gasteiger partial charge on any atom is 0.441 e. The lowest BCUT2D eigenvalue weighted by molar-refractivity contribution is -0.204. The van der Waals surface area contributed by atoms with Crippen LogP contribution >= 0.6 is 34.8 Å². The maximum atomic E-state index is 14.1. The van der Waals surface area contributed by atoms with E-state index in [2.05, 4.69) is 4.74 Å². The topological polar surface area (TPSA) is 67.4 Å². The second kappa shape index (κ2) is 9.11. The number of hydrogen-bond acceptors (Lipinski definition) is 4. The van der Waals surface area contributed by atoms with Gasteiger partial charge in [-0.15, -0.1) is 0 Å². The third kappa shape index (κ3) is 5.26. The average molecular weight is 470 g/mol. The van der Waals surface area contributed by atoms with Gasteiger partial charge in [-0.05, 0) is 49.4 Å². The van der Waals surface area contributed by atoms with Gasteiger partial charge in [-0.2, -0.15) is 13.2 Å². The molecular weight excluding hydrogens is 456 g/mol. The van der Waals surface area contributed by atoms with Gasteiger partial charge in [-0.1, -0.05) is 34.8 Å². The minimum Gasteiger partial charge on any atom is -0.463 e. The Morgan fingerprint density at radius 2 is 1.59 bits per heavy atom. The van der Waals surface area contributed by atoms with Crippen LogP contribution in [0.25, 0.3) is 0 Å². The first-order valence-electron chi connectivity index (χ1n) is 8.05. The van der Waals surface area contributed by atoms with Crippen LogP contribution in [0.1, 0.15) is 17.3 Å². The van der Waals surface area contributed by atoms with Crippen molar-refractivity contribution in [3.8, 4) is 0 Å². The van der Waals surface area contributed by atoms with Crippen molar-refractivity contribution in [3.63, 3.8) is 0 Å². The van der Waals surface area contributed by atoms with Gasteiger partial charge >= 0.3 is 17.8 Å². The van der Waals surface area contributed by atoms with E-state index in [-0.39, 0.29) is 32.9 Å². The summed E-state index contributed by atoms with van der Waals surface area (Å²) in [5.74, 6) is -3.01. The van der Waals surface area contributed by atoms with E-state index in [1.165, 1.54) is 43.3 Å². The molecule has 1 amide bonds. The highest BCUT2D eigenvalue weighted by molar-refractivity contribution is 6.36. The normalized spacial score (nSPS) is 13.3. The van der Waals surface area contributed by atoms with Gasteiger partial charge in [-0.25, -0.2) is 4.79 Å². The molecule has 0 saturated carbocycles. The van der Waals surface area contributed by atoms with Gasteiger partial charge in [0.15, 0.2) is 0 Å². The van der Waals surface area contributed by atoms with E-state index >= 15 is 0 Å². The minimum atomic E-state index is -5.28. The summed E-state index contributed by atoms with van der Waals surface area (Å²) >= 11 is 17.4. The highest BCUT2D eigenvalue weighted by Gasteiger charge is 2.63. The number of nitrogens with one attached hydrogen (secondary N) is 2. The predicted molar refractivity (Wildman–Crippen MR) is 104 cm³/mol. The zero-order chi connectivity index (χ0) is 21.8. The Hall–Kier alpha value is -2.16. The Morgan fingerprint density at radius 3 is 2.10 bits per heavy atom. The van der Waals surface area contributed by atoms with Crippen molar-refractivity contribution in [2.75, 3.05) is 11.9 Å². The minimum absolute atomic E-state index is 0.137.